The molecule has 190 valence electrons. The summed E-state index contributed by atoms with van der Waals surface area (Å²) >= 11 is 2.14. The maximum Gasteiger partial charge on any atom is 0.264 e. The Hall–Kier alpha value is -2.92. The molecule has 0 saturated heterocycles. The summed E-state index contributed by atoms with van der Waals surface area (Å²) < 4.78 is 29.3. The second-order valence-electron chi connectivity index (χ2n) is 8.38. The van der Waals surface area contributed by atoms with E-state index < -0.39 is 28.5 Å². The molecule has 0 unspecified atom stereocenters. The van der Waals surface area contributed by atoms with Crippen molar-refractivity contribution in [3.8, 4) is 0 Å². The van der Waals surface area contributed by atoms with Crippen molar-refractivity contribution in [3.05, 3.63) is 93.6 Å². The first kappa shape index (κ1) is 27.7. The van der Waals surface area contributed by atoms with Gasteiger partial charge in [-0.25, -0.2) is 8.42 Å². The quantitative estimate of drug-likeness (QED) is 0.342. The zero-order valence-electron chi connectivity index (χ0n) is 20.5. The second kappa shape index (κ2) is 12.4. The van der Waals surface area contributed by atoms with Crippen LogP contribution in [0, 0.1) is 10.5 Å². The number of rotatable bonds is 10. The topological polar surface area (TPSA) is 86.8 Å². The van der Waals surface area contributed by atoms with Gasteiger partial charge in [-0.2, -0.15) is 0 Å². The molecule has 1 N–H and O–H groups in total. The van der Waals surface area contributed by atoms with Gasteiger partial charge in [0.1, 0.15) is 12.6 Å². The predicted molar refractivity (Wildman–Crippen MR) is 150 cm³/mol. The fourth-order valence-corrected chi connectivity index (χ4v) is 5.45. The van der Waals surface area contributed by atoms with Crippen LogP contribution in [0.15, 0.2) is 83.8 Å². The zero-order valence-corrected chi connectivity index (χ0v) is 23.5. The minimum atomic E-state index is -4.05. The van der Waals surface area contributed by atoms with Crippen LogP contribution in [-0.2, 0) is 26.2 Å². The van der Waals surface area contributed by atoms with Gasteiger partial charge in [0, 0.05) is 16.7 Å². The van der Waals surface area contributed by atoms with Gasteiger partial charge >= 0.3 is 0 Å². The molecule has 3 aromatic rings. The van der Waals surface area contributed by atoms with Crippen molar-refractivity contribution >= 4 is 50.1 Å². The van der Waals surface area contributed by atoms with E-state index in [-0.39, 0.29) is 17.3 Å². The first-order chi connectivity index (χ1) is 17.1. The molecule has 0 aliphatic heterocycles. The SMILES string of the molecule is CCNC(=O)[C@@H](C)N(Cc1ccc(C)cc1)C(=O)CN(c1ccc(I)cc1)S(=O)(=O)c1ccccc1. The molecule has 0 heterocycles. The third-order valence-corrected chi connectivity index (χ3v) is 8.22. The van der Waals surface area contributed by atoms with Crippen molar-refractivity contribution in [1.82, 2.24) is 10.2 Å². The number of likely N-dealkylation sites (N-methyl/N-ethyl adjacent to an activating group) is 1. The van der Waals surface area contributed by atoms with E-state index >= 15 is 0 Å². The Labute approximate surface area is 226 Å². The minimum Gasteiger partial charge on any atom is -0.355 e. The summed E-state index contributed by atoms with van der Waals surface area (Å²) in [4.78, 5) is 27.9. The number of anilines is 1. The molecule has 0 aromatic heterocycles. The third-order valence-electron chi connectivity index (χ3n) is 5.72. The van der Waals surface area contributed by atoms with E-state index in [0.717, 1.165) is 19.0 Å². The minimum absolute atomic E-state index is 0.0817. The number of nitrogens with one attached hydrogen (secondary N) is 1. The normalized spacial score (nSPS) is 12.0. The highest BCUT2D eigenvalue weighted by Crippen LogP contribution is 2.25. The lowest BCUT2D eigenvalue weighted by Crippen LogP contribution is -2.51. The highest BCUT2D eigenvalue weighted by Gasteiger charge is 2.32. The summed E-state index contributed by atoms with van der Waals surface area (Å²) in [6.07, 6.45) is 0. The Balaban J connectivity index is 2.00. The molecule has 2 amide bonds. The fraction of sp³-hybridized carbons (Fsp3) is 0.259. The summed E-state index contributed by atoms with van der Waals surface area (Å²) in [7, 11) is -4.05. The van der Waals surface area contributed by atoms with E-state index in [1.54, 1.807) is 49.4 Å². The zero-order chi connectivity index (χ0) is 26.3. The average molecular weight is 620 g/mol. The molecule has 0 aliphatic carbocycles. The van der Waals surface area contributed by atoms with Gasteiger partial charge in [-0.05, 0) is 85.3 Å². The average Bonchev–Trinajstić information content (AvgIpc) is 2.87. The number of sulfonamides is 1. The van der Waals surface area contributed by atoms with Gasteiger partial charge in [0.05, 0.1) is 10.6 Å². The Morgan fingerprint density at radius 2 is 1.56 bits per heavy atom. The van der Waals surface area contributed by atoms with E-state index in [1.807, 2.05) is 38.1 Å². The van der Waals surface area contributed by atoms with Crippen molar-refractivity contribution in [3.63, 3.8) is 0 Å². The van der Waals surface area contributed by atoms with Crippen molar-refractivity contribution in [1.29, 1.82) is 0 Å². The molecule has 0 radical (unpaired) electrons. The molecule has 1 atom stereocenters. The number of halogens is 1. The van der Waals surface area contributed by atoms with Crippen LogP contribution < -0.4 is 9.62 Å². The highest BCUT2D eigenvalue weighted by molar-refractivity contribution is 14.1. The van der Waals surface area contributed by atoms with E-state index in [1.165, 1.54) is 17.0 Å². The number of amides is 2. The molecule has 0 bridgehead atoms. The van der Waals surface area contributed by atoms with Crippen molar-refractivity contribution in [2.45, 2.75) is 38.3 Å². The summed E-state index contributed by atoms with van der Waals surface area (Å²) in [5.41, 5.74) is 2.29. The van der Waals surface area contributed by atoms with Crippen molar-refractivity contribution in [2.24, 2.45) is 0 Å². The third kappa shape index (κ3) is 6.85. The van der Waals surface area contributed by atoms with Gasteiger partial charge in [0.2, 0.25) is 11.8 Å². The molecule has 3 rings (SSSR count). The predicted octanol–water partition coefficient (Wildman–Crippen LogP) is 4.35. The van der Waals surface area contributed by atoms with Crippen LogP contribution in [-0.4, -0.2) is 44.3 Å². The van der Waals surface area contributed by atoms with E-state index in [2.05, 4.69) is 27.9 Å². The smallest absolute Gasteiger partial charge is 0.264 e. The molecule has 0 fully saturated rings. The summed E-state index contributed by atoms with van der Waals surface area (Å²) in [5, 5.41) is 2.76. The molecule has 36 heavy (non-hydrogen) atoms. The molecule has 0 saturated carbocycles. The van der Waals surface area contributed by atoms with Crippen LogP contribution in [0.25, 0.3) is 0 Å². The number of hydrogen-bond acceptors (Lipinski definition) is 4. The van der Waals surface area contributed by atoms with Crippen molar-refractivity contribution in [2.75, 3.05) is 17.4 Å². The van der Waals surface area contributed by atoms with Gasteiger partial charge < -0.3 is 10.2 Å². The van der Waals surface area contributed by atoms with E-state index in [9.17, 15) is 18.0 Å². The summed E-state index contributed by atoms with van der Waals surface area (Å²) in [6, 6.07) is 21.8. The van der Waals surface area contributed by atoms with Crippen molar-refractivity contribution < 1.29 is 18.0 Å². The molecule has 7 nitrogen and oxygen atoms in total. The number of hydrogen-bond donors (Lipinski definition) is 1. The van der Waals surface area contributed by atoms with Crippen LogP contribution in [0.5, 0.6) is 0 Å². The van der Waals surface area contributed by atoms with Gasteiger partial charge in [-0.15, -0.1) is 0 Å². The Morgan fingerprint density at radius 3 is 2.14 bits per heavy atom. The number of carbonyl (C=O) groups excluding carboxylic acids is 2. The van der Waals surface area contributed by atoms with Gasteiger partial charge in [-0.1, -0.05) is 48.0 Å². The molecular formula is C27H30IN3O4S. The largest absolute Gasteiger partial charge is 0.355 e. The number of carbonyl (C=O) groups is 2. The Bertz CT molecular complexity index is 1280. The molecular weight excluding hydrogens is 589 g/mol. The van der Waals surface area contributed by atoms with Gasteiger partial charge in [0.25, 0.3) is 10.0 Å². The molecule has 9 heteroatoms. The van der Waals surface area contributed by atoms with Crippen LogP contribution >= 0.6 is 22.6 Å². The van der Waals surface area contributed by atoms with Crippen LogP contribution in [0.4, 0.5) is 5.69 Å². The van der Waals surface area contributed by atoms with Crippen LogP contribution in [0.2, 0.25) is 0 Å². The maximum atomic E-state index is 13.7. The lowest BCUT2D eigenvalue weighted by molar-refractivity contribution is -0.139. The van der Waals surface area contributed by atoms with Crippen LogP contribution in [0.1, 0.15) is 25.0 Å². The lowest BCUT2D eigenvalue weighted by atomic mass is 10.1. The van der Waals surface area contributed by atoms with E-state index in [4.69, 9.17) is 0 Å². The van der Waals surface area contributed by atoms with E-state index in [0.29, 0.717) is 12.2 Å². The summed E-state index contributed by atoms with van der Waals surface area (Å²) in [5.74, 6) is -0.780. The highest BCUT2D eigenvalue weighted by atomic mass is 127. The Morgan fingerprint density at radius 1 is 0.944 bits per heavy atom. The monoisotopic (exact) mass is 619 g/mol. The maximum absolute atomic E-state index is 13.7. The number of aryl methyl sites for hydroxylation is 1. The summed E-state index contributed by atoms with van der Waals surface area (Å²) in [6.45, 7) is 5.57. The first-order valence-corrected chi connectivity index (χ1v) is 14.1. The van der Waals surface area contributed by atoms with Crippen LogP contribution in [0.3, 0.4) is 0 Å². The number of benzene rings is 3. The number of nitrogens with zero attached hydrogens (tertiary/aromatic N) is 2. The molecule has 0 spiro atoms. The molecule has 0 aliphatic rings. The lowest BCUT2D eigenvalue weighted by Gasteiger charge is -2.32. The Kier molecular flexibility index (Phi) is 9.49. The first-order valence-electron chi connectivity index (χ1n) is 11.6. The molecule has 3 aromatic carbocycles. The fourth-order valence-electron chi connectivity index (χ4n) is 3.65. The van der Waals surface area contributed by atoms with Gasteiger partial charge in [-0.3, -0.25) is 13.9 Å². The standard InChI is InChI=1S/C27H30IN3O4S/c1-4-29-27(33)21(3)30(18-22-12-10-20(2)11-13-22)26(32)19-31(24-16-14-23(28)15-17-24)36(34,35)25-8-6-5-7-9-25/h5-17,21H,4,18-19H2,1-3H3,(H,29,33)/t21-/m1/s1. The van der Waals surface area contributed by atoms with Gasteiger partial charge in [0.15, 0.2) is 0 Å². The second-order valence-corrected chi connectivity index (χ2v) is 11.5.